The van der Waals surface area contributed by atoms with Gasteiger partial charge in [0.05, 0.1) is 11.0 Å². The van der Waals surface area contributed by atoms with Gasteiger partial charge in [0.15, 0.2) is 5.96 Å². The van der Waals surface area contributed by atoms with E-state index in [2.05, 4.69) is 52.2 Å². The maximum absolute atomic E-state index is 4.70. The number of hydrogen-bond donors (Lipinski definition) is 2. The summed E-state index contributed by atoms with van der Waals surface area (Å²) in [5.74, 6) is 2.98. The highest BCUT2D eigenvalue weighted by Gasteiger charge is 2.20. The van der Waals surface area contributed by atoms with E-state index in [9.17, 15) is 0 Å². The normalized spacial score (nSPS) is 15.0. The van der Waals surface area contributed by atoms with Gasteiger partial charge in [0.2, 0.25) is 0 Å². The van der Waals surface area contributed by atoms with E-state index >= 15 is 0 Å². The number of guanidine groups is 1. The molecule has 5 heteroatoms. The van der Waals surface area contributed by atoms with Gasteiger partial charge in [-0.1, -0.05) is 25.0 Å². The van der Waals surface area contributed by atoms with Crippen LogP contribution in [0.3, 0.4) is 0 Å². The van der Waals surface area contributed by atoms with Crippen LogP contribution >= 0.6 is 0 Å². The van der Waals surface area contributed by atoms with Gasteiger partial charge < -0.3 is 15.2 Å². The monoisotopic (exact) mass is 327 g/mol. The number of rotatable bonds is 8. The average Bonchev–Trinajstić information content (AvgIpc) is 3.34. The molecule has 5 nitrogen and oxygen atoms in total. The predicted octanol–water partition coefficient (Wildman–Crippen LogP) is 3.09. The van der Waals surface area contributed by atoms with E-state index in [0.29, 0.717) is 0 Å². The molecule has 2 N–H and O–H groups in total. The van der Waals surface area contributed by atoms with Gasteiger partial charge in [0.25, 0.3) is 0 Å². The van der Waals surface area contributed by atoms with Crippen molar-refractivity contribution in [3.05, 3.63) is 30.1 Å². The maximum atomic E-state index is 4.70. The van der Waals surface area contributed by atoms with Gasteiger partial charge in [-0.3, -0.25) is 4.99 Å². The molecule has 1 aliphatic carbocycles. The minimum absolute atomic E-state index is 0.824. The van der Waals surface area contributed by atoms with Crippen LogP contribution in [0.25, 0.3) is 11.0 Å². The average molecular weight is 327 g/mol. The summed E-state index contributed by atoms with van der Waals surface area (Å²) < 4.78 is 2.29. The number of nitrogens with one attached hydrogen (secondary N) is 2. The first kappa shape index (κ1) is 16.8. The number of hydrogen-bond acceptors (Lipinski definition) is 2. The smallest absolute Gasteiger partial charge is 0.191 e. The van der Waals surface area contributed by atoms with Crippen LogP contribution in [0.1, 0.15) is 38.4 Å². The van der Waals surface area contributed by atoms with E-state index in [1.807, 2.05) is 6.07 Å². The Hall–Kier alpha value is -2.04. The minimum Gasteiger partial charge on any atom is -0.357 e. The number of imidazole rings is 1. The van der Waals surface area contributed by atoms with Gasteiger partial charge in [-0.05, 0) is 44.7 Å². The SMILES string of the molecule is CCNC(=NCCCn1c(C)nc2ccccc21)NCCC1CC1. The van der Waals surface area contributed by atoms with Crippen LogP contribution in [0.2, 0.25) is 0 Å². The van der Waals surface area contributed by atoms with E-state index in [1.54, 1.807) is 0 Å². The van der Waals surface area contributed by atoms with Crippen molar-refractivity contribution >= 4 is 17.0 Å². The van der Waals surface area contributed by atoms with Gasteiger partial charge in [0, 0.05) is 26.2 Å². The Bertz CT molecular complexity index is 684. The fourth-order valence-electron chi connectivity index (χ4n) is 3.04. The molecule has 2 aromatic rings. The van der Waals surface area contributed by atoms with Crippen LogP contribution in [-0.2, 0) is 6.54 Å². The van der Waals surface area contributed by atoms with Crippen molar-refractivity contribution in [2.45, 2.75) is 46.1 Å². The summed E-state index contributed by atoms with van der Waals surface area (Å²) >= 11 is 0. The molecule has 1 aromatic heterocycles. The first-order valence-corrected chi connectivity index (χ1v) is 9.22. The summed E-state index contributed by atoms with van der Waals surface area (Å²) in [6.45, 7) is 7.90. The van der Waals surface area contributed by atoms with E-state index < -0.39 is 0 Å². The van der Waals surface area contributed by atoms with Gasteiger partial charge >= 0.3 is 0 Å². The van der Waals surface area contributed by atoms with Crippen LogP contribution in [0.4, 0.5) is 0 Å². The van der Waals surface area contributed by atoms with E-state index in [1.165, 1.54) is 24.8 Å². The quantitative estimate of drug-likeness (QED) is 0.445. The number of aromatic nitrogens is 2. The van der Waals surface area contributed by atoms with E-state index in [4.69, 9.17) is 4.99 Å². The van der Waals surface area contributed by atoms with Crippen molar-refractivity contribution in [2.75, 3.05) is 19.6 Å². The molecule has 1 saturated carbocycles. The number of para-hydroxylation sites is 2. The first-order chi connectivity index (χ1) is 11.8. The lowest BCUT2D eigenvalue weighted by Gasteiger charge is -2.11. The summed E-state index contributed by atoms with van der Waals surface area (Å²) in [5, 5.41) is 6.78. The zero-order valence-corrected chi connectivity index (χ0v) is 14.9. The zero-order chi connectivity index (χ0) is 16.8. The third kappa shape index (κ3) is 4.49. The predicted molar refractivity (Wildman–Crippen MR) is 100 cm³/mol. The van der Waals surface area contributed by atoms with Crippen LogP contribution in [-0.4, -0.2) is 35.1 Å². The fraction of sp³-hybridized carbons (Fsp3) is 0.579. The molecule has 1 fully saturated rings. The Morgan fingerprint density at radius 1 is 1.29 bits per heavy atom. The molecule has 1 heterocycles. The van der Waals surface area contributed by atoms with Crippen LogP contribution in [0.15, 0.2) is 29.3 Å². The van der Waals surface area contributed by atoms with Crippen LogP contribution in [0.5, 0.6) is 0 Å². The molecule has 3 rings (SSSR count). The second-order valence-electron chi connectivity index (χ2n) is 6.57. The molecule has 0 unspecified atom stereocenters. The summed E-state index contributed by atoms with van der Waals surface area (Å²) in [6.07, 6.45) is 5.10. The Kier molecular flexibility index (Phi) is 5.72. The lowest BCUT2D eigenvalue weighted by Crippen LogP contribution is -2.38. The number of benzene rings is 1. The third-order valence-corrected chi connectivity index (χ3v) is 4.54. The Balaban J connectivity index is 1.50. The largest absolute Gasteiger partial charge is 0.357 e. The summed E-state index contributed by atoms with van der Waals surface area (Å²) in [5.41, 5.74) is 2.29. The van der Waals surface area contributed by atoms with Gasteiger partial charge in [-0.15, -0.1) is 0 Å². The molecule has 0 atom stereocenters. The third-order valence-electron chi connectivity index (χ3n) is 4.54. The number of aryl methyl sites for hydroxylation is 2. The highest BCUT2D eigenvalue weighted by atomic mass is 15.2. The van der Waals surface area contributed by atoms with Crippen LogP contribution in [0, 0.1) is 12.8 Å². The molecular formula is C19H29N5. The molecule has 1 aliphatic rings. The van der Waals surface area contributed by atoms with Crippen molar-refractivity contribution < 1.29 is 0 Å². The number of fused-ring (bicyclic) bond motifs is 1. The number of aliphatic imine (C=N–C) groups is 1. The summed E-state index contributed by atoms with van der Waals surface area (Å²) in [7, 11) is 0. The lowest BCUT2D eigenvalue weighted by atomic mass is 10.3. The number of nitrogens with zero attached hydrogens (tertiary/aromatic N) is 3. The van der Waals surface area contributed by atoms with Crippen LogP contribution < -0.4 is 10.6 Å². The van der Waals surface area contributed by atoms with Gasteiger partial charge in [-0.25, -0.2) is 4.98 Å². The Morgan fingerprint density at radius 2 is 2.12 bits per heavy atom. The summed E-state index contributed by atoms with van der Waals surface area (Å²) in [6, 6.07) is 8.33. The molecule has 0 radical (unpaired) electrons. The topological polar surface area (TPSA) is 54.2 Å². The van der Waals surface area contributed by atoms with E-state index in [0.717, 1.165) is 55.8 Å². The molecule has 0 bridgehead atoms. The fourth-order valence-corrected chi connectivity index (χ4v) is 3.04. The Labute approximate surface area is 144 Å². The zero-order valence-electron chi connectivity index (χ0n) is 14.9. The molecular weight excluding hydrogens is 298 g/mol. The molecule has 0 spiro atoms. The van der Waals surface area contributed by atoms with Crippen molar-refractivity contribution in [3.8, 4) is 0 Å². The lowest BCUT2D eigenvalue weighted by molar-refractivity contribution is 0.642. The van der Waals surface area contributed by atoms with Crippen molar-refractivity contribution in [3.63, 3.8) is 0 Å². The van der Waals surface area contributed by atoms with Gasteiger partial charge in [-0.2, -0.15) is 0 Å². The standard InChI is InChI=1S/C19H29N5/c1-3-20-19(22-13-11-16-9-10-16)21-12-6-14-24-15(2)23-17-7-4-5-8-18(17)24/h4-5,7-8,16H,3,6,9-14H2,1-2H3,(H2,20,21,22). The Morgan fingerprint density at radius 3 is 2.92 bits per heavy atom. The highest BCUT2D eigenvalue weighted by Crippen LogP contribution is 2.31. The minimum atomic E-state index is 0.824. The van der Waals surface area contributed by atoms with Crippen molar-refractivity contribution in [1.82, 2.24) is 20.2 Å². The van der Waals surface area contributed by atoms with Gasteiger partial charge in [0.1, 0.15) is 5.82 Å². The molecule has 0 saturated heterocycles. The summed E-state index contributed by atoms with van der Waals surface area (Å²) in [4.78, 5) is 9.32. The molecule has 0 aliphatic heterocycles. The highest BCUT2D eigenvalue weighted by molar-refractivity contribution is 5.79. The molecule has 130 valence electrons. The second-order valence-corrected chi connectivity index (χ2v) is 6.57. The van der Waals surface area contributed by atoms with Crippen molar-refractivity contribution in [2.24, 2.45) is 10.9 Å². The second kappa shape index (κ2) is 8.18. The van der Waals surface area contributed by atoms with Crippen molar-refractivity contribution in [1.29, 1.82) is 0 Å². The molecule has 24 heavy (non-hydrogen) atoms. The molecule has 0 amide bonds. The first-order valence-electron chi connectivity index (χ1n) is 9.22. The maximum Gasteiger partial charge on any atom is 0.191 e. The van der Waals surface area contributed by atoms with E-state index in [-0.39, 0.29) is 0 Å². The molecule has 1 aromatic carbocycles.